The summed E-state index contributed by atoms with van der Waals surface area (Å²) in [5, 5.41) is 13.1. The molecule has 6 nitrogen and oxygen atoms in total. The van der Waals surface area contributed by atoms with Crippen LogP contribution in [0, 0.1) is 11.8 Å². The van der Waals surface area contributed by atoms with Gasteiger partial charge in [-0.15, -0.1) is 0 Å². The molecule has 1 fully saturated rings. The van der Waals surface area contributed by atoms with Crippen LogP contribution in [0.5, 0.6) is 0 Å². The van der Waals surface area contributed by atoms with Crippen molar-refractivity contribution in [1.82, 2.24) is 14.8 Å². The van der Waals surface area contributed by atoms with Crippen LogP contribution in [0.25, 0.3) is 6.08 Å². The summed E-state index contributed by atoms with van der Waals surface area (Å²) >= 11 is 0. The van der Waals surface area contributed by atoms with Gasteiger partial charge in [0.05, 0.1) is 12.1 Å². The summed E-state index contributed by atoms with van der Waals surface area (Å²) in [6, 6.07) is 3.32. The Hall–Kier alpha value is -1.92. The zero-order chi connectivity index (χ0) is 16.7. The van der Waals surface area contributed by atoms with Crippen molar-refractivity contribution in [2.24, 2.45) is 11.8 Å². The number of fused-ring (bicyclic) bond motifs is 3. The smallest absolute Gasteiger partial charge is 0.258 e. The lowest BCUT2D eigenvalue weighted by Crippen LogP contribution is -2.45. The summed E-state index contributed by atoms with van der Waals surface area (Å²) in [6.07, 6.45) is 3.65. The number of nitrogens with zero attached hydrogens (tertiary/aromatic N) is 2. The Labute approximate surface area is 135 Å². The normalized spacial score (nSPS) is 28.9. The van der Waals surface area contributed by atoms with E-state index >= 15 is 0 Å². The van der Waals surface area contributed by atoms with Gasteiger partial charge < -0.3 is 14.6 Å². The number of nitrogens with one attached hydrogen (secondary N) is 1. The van der Waals surface area contributed by atoms with Crippen LogP contribution >= 0.6 is 0 Å². The van der Waals surface area contributed by atoms with Crippen molar-refractivity contribution >= 4 is 12.0 Å². The number of hydrogen-bond acceptors (Lipinski definition) is 4. The first-order valence-corrected chi connectivity index (χ1v) is 7.94. The first-order valence-electron chi connectivity index (χ1n) is 7.94. The number of carbonyl (C=O) groups is 1. The highest BCUT2D eigenvalue weighted by atomic mass is 16.3. The number of allylic oxidation sites excluding steroid dienone is 1. The highest BCUT2D eigenvalue weighted by molar-refractivity contribution is 5.82. The Morgan fingerprint density at radius 1 is 1.48 bits per heavy atom. The van der Waals surface area contributed by atoms with Crippen LogP contribution in [-0.2, 0) is 11.3 Å². The van der Waals surface area contributed by atoms with Crippen molar-refractivity contribution < 1.29 is 9.90 Å². The van der Waals surface area contributed by atoms with Gasteiger partial charge in [0.15, 0.2) is 0 Å². The van der Waals surface area contributed by atoms with Gasteiger partial charge in [-0.25, -0.2) is 0 Å². The van der Waals surface area contributed by atoms with Crippen LogP contribution in [0.3, 0.4) is 0 Å². The molecule has 124 valence electrons. The molecule has 3 rings (SSSR count). The average molecular weight is 317 g/mol. The molecule has 0 radical (unpaired) electrons. The SMILES string of the molecule is C/C=C/c1ccc2n(c1=O)C[C@H]1[C@H](CO)[C@@H](C(=O)N(C)C)N[C@@H]21. The monoisotopic (exact) mass is 317 g/mol. The quantitative estimate of drug-likeness (QED) is 0.836. The van der Waals surface area contributed by atoms with E-state index in [2.05, 4.69) is 5.32 Å². The minimum atomic E-state index is -0.399. The number of aliphatic hydroxyl groups excluding tert-OH is 1. The van der Waals surface area contributed by atoms with Crippen LogP contribution in [0.15, 0.2) is 23.0 Å². The van der Waals surface area contributed by atoms with Gasteiger partial charge in [-0.3, -0.25) is 14.9 Å². The highest BCUT2D eigenvalue weighted by Crippen LogP contribution is 2.42. The fourth-order valence-electron chi connectivity index (χ4n) is 3.84. The van der Waals surface area contributed by atoms with Gasteiger partial charge in [0.1, 0.15) is 0 Å². The van der Waals surface area contributed by atoms with Gasteiger partial charge in [0, 0.05) is 50.3 Å². The number of carbonyl (C=O) groups excluding carboxylic acids is 1. The topological polar surface area (TPSA) is 74.6 Å². The van der Waals surface area contributed by atoms with E-state index in [-0.39, 0.29) is 36.0 Å². The lowest BCUT2D eigenvalue weighted by Gasteiger charge is -2.23. The molecule has 3 heterocycles. The van der Waals surface area contributed by atoms with Crippen molar-refractivity contribution in [3.63, 3.8) is 0 Å². The van der Waals surface area contributed by atoms with Gasteiger partial charge in [-0.1, -0.05) is 12.2 Å². The maximum Gasteiger partial charge on any atom is 0.258 e. The zero-order valence-electron chi connectivity index (χ0n) is 13.7. The second-order valence-corrected chi connectivity index (χ2v) is 6.49. The lowest BCUT2D eigenvalue weighted by molar-refractivity contribution is -0.132. The van der Waals surface area contributed by atoms with Gasteiger partial charge in [0.25, 0.3) is 5.56 Å². The molecule has 0 spiro atoms. The van der Waals surface area contributed by atoms with E-state index in [0.29, 0.717) is 12.1 Å². The van der Waals surface area contributed by atoms with Crippen molar-refractivity contribution in [2.45, 2.75) is 25.6 Å². The van der Waals surface area contributed by atoms with Crippen molar-refractivity contribution in [3.05, 3.63) is 39.8 Å². The minimum Gasteiger partial charge on any atom is -0.396 e. The van der Waals surface area contributed by atoms with Crippen molar-refractivity contribution in [1.29, 1.82) is 0 Å². The van der Waals surface area contributed by atoms with Crippen molar-refractivity contribution in [2.75, 3.05) is 20.7 Å². The molecule has 6 heteroatoms. The standard InChI is InChI=1S/C17H23N3O3/c1-4-5-10-6-7-13-14-11(8-20(13)16(10)22)12(9-21)15(18-14)17(23)19(2)3/h4-7,11-12,14-15,18,21H,8-9H2,1-3H3/b5-4+/t11-,12-,14+,15-/m0/s1. The Morgan fingerprint density at radius 2 is 2.22 bits per heavy atom. The molecule has 0 aliphatic carbocycles. The number of aliphatic hydroxyl groups is 1. The summed E-state index contributed by atoms with van der Waals surface area (Å²) in [5.74, 6) is -0.153. The number of aromatic nitrogens is 1. The van der Waals surface area contributed by atoms with Crippen LogP contribution in [0.2, 0.25) is 0 Å². The fourth-order valence-corrected chi connectivity index (χ4v) is 3.84. The Balaban J connectivity index is 1.97. The number of rotatable bonds is 3. The summed E-state index contributed by atoms with van der Waals surface area (Å²) < 4.78 is 1.77. The van der Waals surface area contributed by atoms with E-state index in [0.717, 1.165) is 5.69 Å². The molecule has 1 amide bonds. The molecule has 23 heavy (non-hydrogen) atoms. The van der Waals surface area contributed by atoms with E-state index in [9.17, 15) is 14.7 Å². The van der Waals surface area contributed by atoms with E-state index in [1.807, 2.05) is 25.1 Å². The first kappa shape index (κ1) is 16.0. The fraction of sp³-hybridized carbons (Fsp3) is 0.529. The molecule has 2 aliphatic heterocycles. The van der Waals surface area contributed by atoms with E-state index < -0.39 is 6.04 Å². The Morgan fingerprint density at radius 3 is 2.83 bits per heavy atom. The molecule has 1 saturated heterocycles. The van der Waals surface area contributed by atoms with Crippen LogP contribution in [-0.4, -0.2) is 47.2 Å². The van der Waals surface area contributed by atoms with Gasteiger partial charge >= 0.3 is 0 Å². The molecular formula is C17H23N3O3. The summed E-state index contributed by atoms with van der Waals surface area (Å²) in [5.41, 5.74) is 1.56. The molecule has 2 aliphatic rings. The van der Waals surface area contributed by atoms with Crippen LogP contribution in [0.4, 0.5) is 0 Å². The van der Waals surface area contributed by atoms with E-state index in [1.165, 1.54) is 0 Å². The second kappa shape index (κ2) is 5.94. The predicted molar refractivity (Wildman–Crippen MR) is 87.8 cm³/mol. The minimum absolute atomic E-state index is 0.0102. The third kappa shape index (κ3) is 2.42. The molecule has 0 bridgehead atoms. The third-order valence-electron chi connectivity index (χ3n) is 4.98. The molecule has 1 aromatic heterocycles. The molecule has 2 N–H and O–H groups in total. The van der Waals surface area contributed by atoms with E-state index in [4.69, 9.17) is 0 Å². The molecule has 1 aromatic rings. The van der Waals surface area contributed by atoms with Crippen molar-refractivity contribution in [3.8, 4) is 0 Å². The average Bonchev–Trinajstić information content (AvgIpc) is 3.05. The lowest BCUT2D eigenvalue weighted by atomic mass is 9.88. The van der Waals surface area contributed by atoms with E-state index in [1.54, 1.807) is 29.6 Å². The molecule has 0 aromatic carbocycles. The second-order valence-electron chi connectivity index (χ2n) is 6.49. The van der Waals surface area contributed by atoms with Crippen LogP contribution in [0.1, 0.15) is 24.2 Å². The summed E-state index contributed by atoms with van der Waals surface area (Å²) in [4.78, 5) is 26.4. The summed E-state index contributed by atoms with van der Waals surface area (Å²) in [7, 11) is 3.43. The zero-order valence-corrected chi connectivity index (χ0v) is 13.7. The Bertz CT molecular complexity index is 708. The maximum absolute atomic E-state index is 12.5. The predicted octanol–water partition coefficient (Wildman–Crippen LogP) is 0.221. The van der Waals surface area contributed by atoms with Gasteiger partial charge in [0.2, 0.25) is 5.91 Å². The third-order valence-corrected chi connectivity index (χ3v) is 4.98. The number of pyridine rings is 1. The Kier molecular flexibility index (Phi) is 4.12. The largest absolute Gasteiger partial charge is 0.396 e. The molecule has 0 unspecified atom stereocenters. The first-order chi connectivity index (χ1) is 11.0. The number of hydrogen-bond donors (Lipinski definition) is 2. The summed E-state index contributed by atoms with van der Waals surface area (Å²) in [6.45, 7) is 2.36. The molecule has 0 saturated carbocycles. The maximum atomic E-state index is 12.5. The highest BCUT2D eigenvalue weighted by Gasteiger charge is 2.50. The molecular weight excluding hydrogens is 294 g/mol. The van der Waals surface area contributed by atoms with Gasteiger partial charge in [-0.2, -0.15) is 0 Å². The number of amides is 1. The molecule has 4 atom stereocenters. The van der Waals surface area contributed by atoms with Gasteiger partial charge in [-0.05, 0) is 19.1 Å². The number of likely N-dealkylation sites (N-methyl/N-ethyl adjacent to an activating group) is 1. The van der Waals surface area contributed by atoms with Crippen LogP contribution < -0.4 is 10.9 Å².